The number of rotatable bonds is 7. The third-order valence-electron chi connectivity index (χ3n) is 3.06. The fraction of sp³-hybridized carbons (Fsp3) is 0.571. The number of hydrogen-bond donors (Lipinski definition) is 2. The van der Waals surface area contributed by atoms with E-state index < -0.39 is 0 Å². The molecule has 1 aromatic heterocycles. The lowest BCUT2D eigenvalue weighted by Gasteiger charge is -2.24. The molecular formula is C14H24N4S. The highest BCUT2D eigenvalue weighted by molar-refractivity contribution is 7.80. The SMILES string of the molecule is CCN(CC)CC(C)Nc1cc(C(N)=S)cc(C)n1. The number of aryl methyl sites for hydroxylation is 1. The van der Waals surface area contributed by atoms with E-state index in [1.54, 1.807) is 0 Å². The van der Waals surface area contributed by atoms with Gasteiger partial charge in [-0.3, -0.25) is 0 Å². The number of thiocarbonyl (C=S) groups is 1. The van der Waals surface area contributed by atoms with Crippen molar-refractivity contribution in [1.29, 1.82) is 0 Å². The zero-order valence-electron chi connectivity index (χ0n) is 12.2. The molecule has 0 amide bonds. The predicted molar refractivity (Wildman–Crippen MR) is 85.7 cm³/mol. The first-order chi connectivity index (χ1) is 8.96. The van der Waals surface area contributed by atoms with Gasteiger partial charge >= 0.3 is 0 Å². The Labute approximate surface area is 121 Å². The maximum atomic E-state index is 5.67. The summed E-state index contributed by atoms with van der Waals surface area (Å²) in [5.74, 6) is 0.836. The Balaban J connectivity index is 2.73. The smallest absolute Gasteiger partial charge is 0.127 e. The highest BCUT2D eigenvalue weighted by atomic mass is 32.1. The Morgan fingerprint density at radius 2 is 2.05 bits per heavy atom. The molecule has 1 aromatic rings. The molecule has 0 spiro atoms. The molecule has 0 aliphatic heterocycles. The first kappa shape index (κ1) is 15.9. The van der Waals surface area contributed by atoms with Crippen LogP contribution in [-0.2, 0) is 0 Å². The number of hydrogen-bond acceptors (Lipinski definition) is 4. The fourth-order valence-corrected chi connectivity index (χ4v) is 2.17. The molecule has 0 aliphatic carbocycles. The first-order valence-corrected chi connectivity index (χ1v) is 7.14. The minimum Gasteiger partial charge on any atom is -0.389 e. The Bertz CT molecular complexity index is 429. The molecule has 106 valence electrons. The van der Waals surface area contributed by atoms with Crippen molar-refractivity contribution in [3.05, 3.63) is 23.4 Å². The molecule has 1 rings (SSSR count). The summed E-state index contributed by atoms with van der Waals surface area (Å²) in [5.41, 5.74) is 7.45. The summed E-state index contributed by atoms with van der Waals surface area (Å²) in [7, 11) is 0. The molecule has 0 bridgehead atoms. The quantitative estimate of drug-likeness (QED) is 0.750. The summed E-state index contributed by atoms with van der Waals surface area (Å²) >= 11 is 5.02. The van der Waals surface area contributed by atoms with Crippen LogP contribution in [0.4, 0.5) is 5.82 Å². The Morgan fingerprint density at radius 1 is 1.42 bits per heavy atom. The minimum atomic E-state index is 0.327. The summed E-state index contributed by atoms with van der Waals surface area (Å²) in [6.45, 7) is 11.6. The second-order valence-corrected chi connectivity index (χ2v) is 5.22. The van der Waals surface area contributed by atoms with E-state index >= 15 is 0 Å². The van der Waals surface area contributed by atoms with E-state index in [9.17, 15) is 0 Å². The summed E-state index contributed by atoms with van der Waals surface area (Å²) < 4.78 is 0. The van der Waals surface area contributed by atoms with Crippen molar-refractivity contribution in [2.24, 2.45) is 5.73 Å². The van der Waals surface area contributed by atoms with Gasteiger partial charge in [-0.2, -0.15) is 0 Å². The van der Waals surface area contributed by atoms with Gasteiger partial charge in [0.25, 0.3) is 0 Å². The van der Waals surface area contributed by atoms with Gasteiger partial charge in [-0.05, 0) is 39.1 Å². The van der Waals surface area contributed by atoms with Gasteiger partial charge in [0.05, 0.1) is 0 Å². The van der Waals surface area contributed by atoms with Crippen molar-refractivity contribution >= 4 is 23.0 Å². The van der Waals surface area contributed by atoms with Gasteiger partial charge in [0.1, 0.15) is 10.8 Å². The van der Waals surface area contributed by atoms with Crippen LogP contribution < -0.4 is 11.1 Å². The molecule has 0 aliphatic rings. The number of anilines is 1. The first-order valence-electron chi connectivity index (χ1n) is 6.73. The molecule has 19 heavy (non-hydrogen) atoms. The Kier molecular flexibility index (Phi) is 6.18. The van der Waals surface area contributed by atoms with Crippen molar-refractivity contribution < 1.29 is 0 Å². The van der Waals surface area contributed by atoms with Gasteiger partial charge in [-0.1, -0.05) is 26.1 Å². The fourth-order valence-electron chi connectivity index (χ4n) is 2.05. The third-order valence-corrected chi connectivity index (χ3v) is 3.29. The highest BCUT2D eigenvalue weighted by Gasteiger charge is 2.09. The number of nitrogens with one attached hydrogen (secondary N) is 1. The van der Waals surface area contributed by atoms with Crippen LogP contribution in [0.1, 0.15) is 32.0 Å². The average molecular weight is 280 g/mol. The molecule has 1 atom stereocenters. The normalized spacial score (nSPS) is 12.5. The van der Waals surface area contributed by atoms with Crippen molar-refractivity contribution in [2.45, 2.75) is 33.7 Å². The van der Waals surface area contributed by atoms with Gasteiger partial charge in [-0.25, -0.2) is 4.98 Å². The third kappa shape index (κ3) is 5.12. The highest BCUT2D eigenvalue weighted by Crippen LogP contribution is 2.11. The Hall–Kier alpha value is -1.20. The van der Waals surface area contributed by atoms with Gasteiger partial charge in [0, 0.05) is 23.8 Å². The zero-order chi connectivity index (χ0) is 14.4. The molecule has 1 heterocycles. The summed E-state index contributed by atoms with van der Waals surface area (Å²) in [6.07, 6.45) is 0. The van der Waals surface area contributed by atoms with E-state index in [0.29, 0.717) is 11.0 Å². The van der Waals surface area contributed by atoms with Crippen LogP contribution in [0, 0.1) is 6.92 Å². The molecule has 0 saturated carbocycles. The second kappa shape index (κ2) is 7.40. The second-order valence-electron chi connectivity index (χ2n) is 4.78. The van der Waals surface area contributed by atoms with Crippen LogP contribution in [0.15, 0.2) is 12.1 Å². The summed E-state index contributed by atoms with van der Waals surface area (Å²) in [6, 6.07) is 4.14. The number of likely N-dealkylation sites (N-methyl/N-ethyl adjacent to an activating group) is 1. The standard InChI is InChI=1S/C14H24N4S/c1-5-18(6-2)9-11(4)17-13-8-12(14(15)19)7-10(3)16-13/h7-8,11H,5-6,9H2,1-4H3,(H2,15,19)(H,16,17). The maximum absolute atomic E-state index is 5.67. The van der Waals surface area contributed by atoms with Gasteiger partial charge < -0.3 is 16.0 Å². The predicted octanol–water partition coefficient (Wildman–Crippen LogP) is 2.17. The van der Waals surface area contributed by atoms with E-state index in [0.717, 1.165) is 36.7 Å². The van der Waals surface area contributed by atoms with Crippen molar-refractivity contribution in [1.82, 2.24) is 9.88 Å². The van der Waals surface area contributed by atoms with Crippen molar-refractivity contribution in [2.75, 3.05) is 25.0 Å². The van der Waals surface area contributed by atoms with Crippen LogP contribution in [0.3, 0.4) is 0 Å². The van der Waals surface area contributed by atoms with Gasteiger partial charge in [0.15, 0.2) is 0 Å². The summed E-state index contributed by atoms with van der Waals surface area (Å²) in [5, 5.41) is 3.41. The molecule has 3 N–H and O–H groups in total. The molecule has 0 saturated heterocycles. The van der Waals surface area contributed by atoms with Crippen molar-refractivity contribution in [3.8, 4) is 0 Å². The van der Waals surface area contributed by atoms with Crippen molar-refractivity contribution in [3.63, 3.8) is 0 Å². The monoisotopic (exact) mass is 280 g/mol. The number of nitrogens with two attached hydrogens (primary N) is 1. The number of pyridine rings is 1. The van der Waals surface area contributed by atoms with E-state index in [1.165, 1.54) is 0 Å². The van der Waals surface area contributed by atoms with Gasteiger partial charge in [-0.15, -0.1) is 0 Å². The van der Waals surface area contributed by atoms with Crippen LogP contribution in [-0.4, -0.2) is 40.5 Å². The lowest BCUT2D eigenvalue weighted by molar-refractivity contribution is 0.294. The topological polar surface area (TPSA) is 54.2 Å². The lowest BCUT2D eigenvalue weighted by atomic mass is 10.2. The minimum absolute atomic E-state index is 0.327. The summed E-state index contributed by atoms with van der Waals surface area (Å²) in [4.78, 5) is 7.25. The van der Waals surface area contributed by atoms with Gasteiger partial charge in [0.2, 0.25) is 0 Å². The van der Waals surface area contributed by atoms with E-state index in [1.807, 2.05) is 19.1 Å². The lowest BCUT2D eigenvalue weighted by Crippen LogP contribution is -2.35. The molecule has 5 heteroatoms. The van der Waals surface area contributed by atoms with E-state index in [-0.39, 0.29) is 0 Å². The number of nitrogens with zero attached hydrogens (tertiary/aromatic N) is 2. The van der Waals surface area contributed by atoms with Crippen LogP contribution in [0.5, 0.6) is 0 Å². The molecule has 0 aromatic carbocycles. The van der Waals surface area contributed by atoms with E-state index in [2.05, 4.69) is 36.0 Å². The largest absolute Gasteiger partial charge is 0.389 e. The Morgan fingerprint density at radius 3 is 2.58 bits per heavy atom. The van der Waals surface area contributed by atoms with E-state index in [4.69, 9.17) is 18.0 Å². The molecular weight excluding hydrogens is 256 g/mol. The van der Waals surface area contributed by atoms with Crippen LogP contribution >= 0.6 is 12.2 Å². The average Bonchev–Trinajstić information content (AvgIpc) is 2.35. The molecule has 0 fully saturated rings. The molecule has 1 unspecified atom stereocenters. The molecule has 4 nitrogen and oxygen atoms in total. The number of aromatic nitrogens is 1. The zero-order valence-corrected chi connectivity index (χ0v) is 13.0. The van der Waals surface area contributed by atoms with Crippen LogP contribution in [0.2, 0.25) is 0 Å². The molecule has 0 radical (unpaired) electrons. The maximum Gasteiger partial charge on any atom is 0.127 e. The van der Waals surface area contributed by atoms with Crippen LogP contribution in [0.25, 0.3) is 0 Å².